The molecule has 10 nitrogen and oxygen atoms in total. The number of esters is 1. The number of hydrogen-bond donors (Lipinski definition) is 3. The van der Waals surface area contributed by atoms with Crippen LogP contribution in [0.15, 0.2) is 163 Å². The highest BCUT2D eigenvalue weighted by Gasteiger charge is 2.23. The molecule has 4 N–H and O–H groups in total. The van der Waals surface area contributed by atoms with E-state index in [-0.39, 0.29) is 23.9 Å². The standard InChI is InChI=1S/C46H42N4O6/c1-2-54-41-28-36(24-27-40(41)55-30-33-16-8-4-9-17-33)42(45(52)48-29-32-14-6-3-7-15-32)49-38-25-22-34(23-26-38)43(47)50-44(51)39-21-13-12-20-37(39)31-56-46(53)35-18-10-5-11-19-35/h3-28,42,49H,2,29-31H2,1H3,(H,48,52)(H2,47,50,51). The lowest BCUT2D eigenvalue weighted by Crippen LogP contribution is -2.33. The lowest BCUT2D eigenvalue weighted by atomic mass is 10.0. The maximum Gasteiger partial charge on any atom is 0.338 e. The zero-order chi connectivity index (χ0) is 39.1. The number of carbonyl (C=O) groups excluding carboxylic acids is 3. The number of anilines is 1. The van der Waals surface area contributed by atoms with Crippen molar-refractivity contribution in [3.05, 3.63) is 197 Å². The fourth-order valence-electron chi connectivity index (χ4n) is 5.81. The Morgan fingerprint density at radius 1 is 0.661 bits per heavy atom. The molecule has 0 heterocycles. The van der Waals surface area contributed by atoms with Crippen molar-refractivity contribution in [3.63, 3.8) is 0 Å². The molecule has 6 aromatic carbocycles. The molecule has 0 radical (unpaired) electrons. The van der Waals surface area contributed by atoms with Crippen molar-refractivity contribution < 1.29 is 28.6 Å². The van der Waals surface area contributed by atoms with Crippen molar-refractivity contribution >= 4 is 29.3 Å². The predicted molar refractivity (Wildman–Crippen MR) is 217 cm³/mol. The lowest BCUT2D eigenvalue weighted by Gasteiger charge is -2.22. The zero-order valence-corrected chi connectivity index (χ0v) is 30.9. The molecule has 282 valence electrons. The Labute approximate surface area is 326 Å². The van der Waals surface area contributed by atoms with Crippen LogP contribution in [0.4, 0.5) is 5.69 Å². The van der Waals surface area contributed by atoms with Crippen LogP contribution in [0, 0.1) is 0 Å². The van der Waals surface area contributed by atoms with Crippen LogP contribution in [0.5, 0.6) is 11.5 Å². The molecule has 56 heavy (non-hydrogen) atoms. The predicted octanol–water partition coefficient (Wildman–Crippen LogP) is 8.04. The number of aliphatic imine (C=N–C) groups is 1. The van der Waals surface area contributed by atoms with Crippen molar-refractivity contribution in [1.29, 1.82) is 0 Å². The molecule has 6 rings (SSSR count). The van der Waals surface area contributed by atoms with Gasteiger partial charge < -0.3 is 30.6 Å². The van der Waals surface area contributed by atoms with Crippen LogP contribution in [-0.2, 0) is 29.3 Å². The average molecular weight is 747 g/mol. The summed E-state index contributed by atoms with van der Waals surface area (Å²) in [5.74, 6) is -0.246. The van der Waals surface area contributed by atoms with Gasteiger partial charge >= 0.3 is 5.97 Å². The third kappa shape index (κ3) is 10.5. The fourth-order valence-corrected chi connectivity index (χ4v) is 5.81. The van der Waals surface area contributed by atoms with Gasteiger partial charge in [-0.05, 0) is 78.2 Å². The van der Waals surface area contributed by atoms with Crippen LogP contribution in [0.3, 0.4) is 0 Å². The van der Waals surface area contributed by atoms with Gasteiger partial charge in [0.15, 0.2) is 11.5 Å². The lowest BCUT2D eigenvalue weighted by molar-refractivity contribution is -0.122. The second-order valence-electron chi connectivity index (χ2n) is 12.7. The topological polar surface area (TPSA) is 141 Å². The summed E-state index contributed by atoms with van der Waals surface area (Å²) in [5, 5.41) is 6.40. The van der Waals surface area contributed by atoms with E-state index in [1.165, 1.54) is 0 Å². The minimum absolute atomic E-state index is 0.00207. The number of nitrogens with two attached hydrogens (primary N) is 1. The molecule has 10 heteroatoms. The van der Waals surface area contributed by atoms with Gasteiger partial charge in [0.05, 0.1) is 12.2 Å². The number of benzene rings is 6. The van der Waals surface area contributed by atoms with E-state index >= 15 is 0 Å². The first-order chi connectivity index (χ1) is 27.4. The van der Waals surface area contributed by atoms with Gasteiger partial charge in [0.1, 0.15) is 25.1 Å². The number of rotatable bonds is 16. The number of nitrogens with zero attached hydrogens (tertiary/aromatic N) is 1. The summed E-state index contributed by atoms with van der Waals surface area (Å²) in [5.41, 5.74) is 11.3. The third-order valence-corrected chi connectivity index (χ3v) is 8.74. The summed E-state index contributed by atoms with van der Waals surface area (Å²) in [7, 11) is 0. The number of amidine groups is 1. The molecule has 0 bridgehead atoms. The maximum absolute atomic E-state index is 13.9. The smallest absolute Gasteiger partial charge is 0.338 e. The highest BCUT2D eigenvalue weighted by atomic mass is 16.5. The van der Waals surface area contributed by atoms with Gasteiger partial charge in [-0.25, -0.2) is 4.79 Å². The average Bonchev–Trinajstić information content (AvgIpc) is 3.24. The van der Waals surface area contributed by atoms with Crippen molar-refractivity contribution in [2.75, 3.05) is 11.9 Å². The molecule has 1 unspecified atom stereocenters. The Bertz CT molecular complexity index is 2260. The largest absolute Gasteiger partial charge is 0.490 e. The van der Waals surface area contributed by atoms with E-state index < -0.39 is 17.9 Å². The molecule has 2 amide bonds. The second-order valence-corrected chi connectivity index (χ2v) is 12.7. The van der Waals surface area contributed by atoms with E-state index in [1.807, 2.05) is 91.9 Å². The molecule has 0 aliphatic heterocycles. The van der Waals surface area contributed by atoms with Gasteiger partial charge in [-0.3, -0.25) is 9.59 Å². The van der Waals surface area contributed by atoms with Crippen LogP contribution in [0.1, 0.15) is 61.5 Å². The molecular weight excluding hydrogens is 705 g/mol. The molecular formula is C46H42N4O6. The van der Waals surface area contributed by atoms with Gasteiger partial charge in [-0.15, -0.1) is 0 Å². The zero-order valence-electron chi connectivity index (χ0n) is 30.9. The molecule has 0 aliphatic carbocycles. The van der Waals surface area contributed by atoms with Crippen LogP contribution >= 0.6 is 0 Å². The summed E-state index contributed by atoms with van der Waals surface area (Å²) in [6.45, 7) is 2.89. The molecule has 0 aliphatic rings. The normalized spacial score (nSPS) is 11.6. The summed E-state index contributed by atoms with van der Waals surface area (Å²) in [6.07, 6.45) is 0. The van der Waals surface area contributed by atoms with Crippen LogP contribution in [0.2, 0.25) is 0 Å². The van der Waals surface area contributed by atoms with Crippen molar-refractivity contribution in [2.45, 2.75) is 32.7 Å². The Morgan fingerprint density at radius 3 is 2.00 bits per heavy atom. The van der Waals surface area contributed by atoms with Crippen LogP contribution in [0.25, 0.3) is 0 Å². The van der Waals surface area contributed by atoms with Gasteiger partial charge in [-0.1, -0.05) is 103 Å². The molecule has 0 aromatic heterocycles. The fraction of sp³-hybridized carbons (Fsp3) is 0.130. The number of nitrogens with one attached hydrogen (secondary N) is 2. The summed E-state index contributed by atoms with van der Waals surface area (Å²) < 4.78 is 17.5. The number of ether oxygens (including phenoxy) is 3. The van der Waals surface area contributed by atoms with E-state index in [2.05, 4.69) is 15.6 Å². The molecule has 0 fully saturated rings. The Balaban J connectivity index is 1.18. The quantitative estimate of drug-likeness (QED) is 0.0514. The number of amides is 2. The van der Waals surface area contributed by atoms with E-state index in [1.54, 1.807) is 72.8 Å². The molecule has 1 atom stereocenters. The van der Waals surface area contributed by atoms with Crippen molar-refractivity contribution in [2.24, 2.45) is 10.7 Å². The number of carbonyl (C=O) groups is 3. The highest BCUT2D eigenvalue weighted by molar-refractivity contribution is 6.09. The SMILES string of the molecule is CCOc1cc(C(Nc2ccc(C(N)=NC(=O)c3ccccc3COC(=O)c3ccccc3)cc2)C(=O)NCc2ccccc2)ccc1OCc1ccccc1. The van der Waals surface area contributed by atoms with Crippen LogP contribution < -0.4 is 25.8 Å². The Kier molecular flexibility index (Phi) is 13.2. The molecule has 6 aromatic rings. The Hall–Kier alpha value is -7.20. The summed E-state index contributed by atoms with van der Waals surface area (Å²) in [6, 6.07) is 46.5. The minimum atomic E-state index is -0.813. The van der Waals surface area contributed by atoms with Gasteiger partial charge in [0, 0.05) is 28.9 Å². The van der Waals surface area contributed by atoms with E-state index in [9.17, 15) is 14.4 Å². The summed E-state index contributed by atoms with van der Waals surface area (Å²) >= 11 is 0. The number of hydrogen-bond acceptors (Lipinski definition) is 7. The van der Waals surface area contributed by atoms with Gasteiger partial charge in [0.25, 0.3) is 5.91 Å². The van der Waals surface area contributed by atoms with E-state index in [0.717, 1.165) is 11.1 Å². The third-order valence-electron chi connectivity index (χ3n) is 8.74. The summed E-state index contributed by atoms with van der Waals surface area (Å²) in [4.78, 5) is 43.8. The molecule has 0 spiro atoms. The van der Waals surface area contributed by atoms with E-state index in [4.69, 9.17) is 19.9 Å². The first kappa shape index (κ1) is 38.5. The monoisotopic (exact) mass is 746 g/mol. The molecule has 0 saturated heterocycles. The first-order valence-electron chi connectivity index (χ1n) is 18.2. The van der Waals surface area contributed by atoms with Gasteiger partial charge in [0.2, 0.25) is 5.91 Å². The molecule has 0 saturated carbocycles. The van der Waals surface area contributed by atoms with Crippen LogP contribution in [-0.4, -0.2) is 30.2 Å². The Morgan fingerprint density at radius 2 is 1.30 bits per heavy atom. The first-order valence-corrected chi connectivity index (χ1v) is 18.2. The van der Waals surface area contributed by atoms with Crippen molar-refractivity contribution in [1.82, 2.24) is 5.32 Å². The highest BCUT2D eigenvalue weighted by Crippen LogP contribution is 2.33. The van der Waals surface area contributed by atoms with Gasteiger partial charge in [-0.2, -0.15) is 4.99 Å². The van der Waals surface area contributed by atoms with E-state index in [0.29, 0.717) is 59.2 Å². The van der Waals surface area contributed by atoms with Crippen molar-refractivity contribution in [3.8, 4) is 11.5 Å². The minimum Gasteiger partial charge on any atom is -0.490 e. The maximum atomic E-state index is 13.9. The second kappa shape index (κ2) is 19.2.